The van der Waals surface area contributed by atoms with Gasteiger partial charge in [-0.05, 0) is 42.5 Å². The number of anilines is 2. The molecule has 3 N–H and O–H groups in total. The Balaban J connectivity index is 1.81. The summed E-state index contributed by atoms with van der Waals surface area (Å²) in [4.78, 5) is 15.9. The maximum Gasteiger partial charge on any atom is 0.228 e. The number of hydrogen-bond donors (Lipinski definition) is 3. The van der Waals surface area contributed by atoms with Gasteiger partial charge in [0, 0.05) is 12.6 Å². The van der Waals surface area contributed by atoms with Crippen LogP contribution >= 0.6 is 0 Å². The van der Waals surface area contributed by atoms with Gasteiger partial charge in [-0.3, -0.25) is 15.2 Å². The Morgan fingerprint density at radius 1 is 1.14 bits per heavy atom. The number of aromatic nitrogens is 1. The molecule has 0 spiro atoms. The predicted molar refractivity (Wildman–Crippen MR) is 78.6 cm³/mol. The number of benzene rings is 1. The average molecular weight is 284 g/mol. The van der Waals surface area contributed by atoms with E-state index < -0.39 is 0 Å². The van der Waals surface area contributed by atoms with Gasteiger partial charge >= 0.3 is 0 Å². The molecule has 5 nitrogen and oxygen atoms in total. The lowest BCUT2D eigenvalue weighted by atomic mass is 10.2. The molecular formula is C15H13FN4O. The van der Waals surface area contributed by atoms with Crippen LogP contribution in [-0.4, -0.2) is 10.9 Å². The van der Waals surface area contributed by atoms with Crippen LogP contribution in [0.1, 0.15) is 12.1 Å². The molecule has 0 fully saturated rings. The largest absolute Gasteiger partial charge is 0.324 e. The molecule has 1 aliphatic rings. The van der Waals surface area contributed by atoms with E-state index in [0.717, 1.165) is 0 Å². The van der Waals surface area contributed by atoms with Crippen molar-refractivity contribution in [3.05, 3.63) is 60.2 Å². The average Bonchev–Trinajstić information content (AvgIpc) is 2.65. The van der Waals surface area contributed by atoms with Crippen molar-refractivity contribution in [3.8, 4) is 0 Å². The molecule has 0 radical (unpaired) electrons. The van der Waals surface area contributed by atoms with Crippen LogP contribution < -0.4 is 16.2 Å². The van der Waals surface area contributed by atoms with E-state index in [0.29, 0.717) is 22.8 Å². The van der Waals surface area contributed by atoms with Gasteiger partial charge in [0.2, 0.25) is 5.91 Å². The van der Waals surface area contributed by atoms with Crippen molar-refractivity contribution in [2.45, 2.75) is 6.42 Å². The molecule has 0 saturated carbocycles. The van der Waals surface area contributed by atoms with Crippen LogP contribution in [0.2, 0.25) is 0 Å². The first-order valence-corrected chi connectivity index (χ1v) is 6.45. The molecular weight excluding hydrogens is 271 g/mol. The van der Waals surface area contributed by atoms with Crippen LogP contribution in [-0.2, 0) is 4.79 Å². The monoisotopic (exact) mass is 284 g/mol. The summed E-state index contributed by atoms with van der Waals surface area (Å²) >= 11 is 0. The number of carbonyl (C=O) groups excluding carboxylic acids is 1. The van der Waals surface area contributed by atoms with Gasteiger partial charge in [0.1, 0.15) is 11.5 Å². The molecule has 2 heterocycles. The molecule has 0 bridgehead atoms. The Labute approximate surface area is 120 Å². The van der Waals surface area contributed by atoms with Gasteiger partial charge < -0.3 is 10.7 Å². The maximum atomic E-state index is 12.9. The number of amides is 1. The highest BCUT2D eigenvalue weighted by atomic mass is 19.1. The van der Waals surface area contributed by atoms with Crippen LogP contribution in [0.5, 0.6) is 0 Å². The summed E-state index contributed by atoms with van der Waals surface area (Å²) < 4.78 is 12.9. The highest BCUT2D eigenvalue weighted by Gasteiger charge is 2.15. The van der Waals surface area contributed by atoms with Crippen molar-refractivity contribution in [1.82, 2.24) is 10.4 Å². The van der Waals surface area contributed by atoms with Gasteiger partial charge in [-0.2, -0.15) is 0 Å². The van der Waals surface area contributed by atoms with E-state index in [1.54, 1.807) is 36.5 Å². The van der Waals surface area contributed by atoms with Crippen molar-refractivity contribution < 1.29 is 9.18 Å². The van der Waals surface area contributed by atoms with E-state index in [9.17, 15) is 9.18 Å². The summed E-state index contributed by atoms with van der Waals surface area (Å²) in [5, 5.41) is 2.79. The molecule has 2 aromatic rings. The third kappa shape index (κ3) is 3.00. The zero-order valence-corrected chi connectivity index (χ0v) is 11.1. The molecule has 1 aromatic carbocycles. The maximum absolute atomic E-state index is 12.9. The highest BCUT2D eigenvalue weighted by Crippen LogP contribution is 2.23. The van der Waals surface area contributed by atoms with Gasteiger partial charge in [-0.25, -0.2) is 4.39 Å². The number of halogens is 1. The van der Waals surface area contributed by atoms with Crippen molar-refractivity contribution in [2.75, 3.05) is 10.7 Å². The number of nitrogens with zero attached hydrogens (tertiary/aromatic N) is 1. The van der Waals surface area contributed by atoms with E-state index in [4.69, 9.17) is 0 Å². The second-order valence-corrected chi connectivity index (χ2v) is 4.53. The lowest BCUT2D eigenvalue weighted by molar-refractivity contribution is -0.115. The molecule has 0 aliphatic carbocycles. The smallest absolute Gasteiger partial charge is 0.228 e. The quantitative estimate of drug-likeness (QED) is 0.758. The van der Waals surface area contributed by atoms with E-state index in [-0.39, 0.29) is 18.1 Å². The standard InChI is InChI=1S/C15H13FN4O/c16-10-3-5-11(6-4-10)19-20-13-7-8-14(21)18-12-2-1-9-17-15(12)13/h1-7,9,19-20H,8H2,(H,18,21). The first-order chi connectivity index (χ1) is 10.2. The Bertz CT molecular complexity index is 697. The molecule has 0 unspecified atom stereocenters. The molecule has 1 aromatic heterocycles. The minimum atomic E-state index is -0.295. The minimum Gasteiger partial charge on any atom is -0.324 e. The first-order valence-electron chi connectivity index (χ1n) is 6.45. The fourth-order valence-corrected chi connectivity index (χ4v) is 2.00. The molecule has 3 rings (SSSR count). The fraction of sp³-hybridized carbons (Fsp3) is 0.0667. The first kappa shape index (κ1) is 13.1. The summed E-state index contributed by atoms with van der Waals surface area (Å²) in [5.41, 5.74) is 8.67. The molecule has 106 valence electrons. The summed E-state index contributed by atoms with van der Waals surface area (Å²) in [6.07, 6.45) is 3.66. The second-order valence-electron chi connectivity index (χ2n) is 4.53. The van der Waals surface area contributed by atoms with Crippen molar-refractivity contribution >= 4 is 23.0 Å². The van der Waals surface area contributed by atoms with E-state index in [2.05, 4.69) is 21.2 Å². The fourth-order valence-electron chi connectivity index (χ4n) is 2.00. The normalized spacial score (nSPS) is 13.6. The molecule has 6 heteroatoms. The SMILES string of the molecule is O=C1CC=C(NNc2ccc(F)cc2)c2ncccc2N1. The van der Waals surface area contributed by atoms with Crippen molar-refractivity contribution in [3.63, 3.8) is 0 Å². The van der Waals surface area contributed by atoms with Crippen LogP contribution in [0.3, 0.4) is 0 Å². The van der Waals surface area contributed by atoms with Crippen molar-refractivity contribution in [1.29, 1.82) is 0 Å². The Morgan fingerprint density at radius 3 is 2.76 bits per heavy atom. The lowest BCUT2D eigenvalue weighted by Gasteiger charge is -2.13. The summed E-state index contributed by atoms with van der Waals surface area (Å²) in [7, 11) is 0. The third-order valence-electron chi connectivity index (χ3n) is 3.01. The second kappa shape index (κ2) is 5.62. The zero-order chi connectivity index (χ0) is 14.7. The van der Waals surface area contributed by atoms with Crippen LogP contribution in [0.25, 0.3) is 5.70 Å². The summed E-state index contributed by atoms with van der Waals surface area (Å²) in [6.45, 7) is 0. The van der Waals surface area contributed by atoms with Gasteiger partial charge in [-0.1, -0.05) is 0 Å². The van der Waals surface area contributed by atoms with Gasteiger partial charge in [0.05, 0.1) is 17.1 Å². The topological polar surface area (TPSA) is 66.0 Å². The number of hydrazine groups is 1. The van der Waals surface area contributed by atoms with Crippen molar-refractivity contribution in [2.24, 2.45) is 0 Å². The Hall–Kier alpha value is -2.89. The number of nitrogens with one attached hydrogen (secondary N) is 3. The molecule has 1 aliphatic heterocycles. The van der Waals surface area contributed by atoms with E-state index in [1.165, 1.54) is 12.1 Å². The predicted octanol–water partition coefficient (Wildman–Crippen LogP) is 2.52. The number of pyridine rings is 1. The zero-order valence-electron chi connectivity index (χ0n) is 11.1. The summed E-state index contributed by atoms with van der Waals surface area (Å²) in [5.74, 6) is -0.390. The van der Waals surface area contributed by atoms with Gasteiger partial charge in [0.15, 0.2) is 0 Å². The minimum absolute atomic E-state index is 0.0946. The lowest BCUT2D eigenvalue weighted by Crippen LogP contribution is -2.20. The summed E-state index contributed by atoms with van der Waals surface area (Å²) in [6, 6.07) is 9.50. The number of rotatable bonds is 3. The van der Waals surface area contributed by atoms with E-state index in [1.807, 2.05) is 0 Å². The third-order valence-corrected chi connectivity index (χ3v) is 3.01. The molecule has 1 amide bonds. The number of hydrogen-bond acceptors (Lipinski definition) is 4. The number of carbonyl (C=O) groups is 1. The van der Waals surface area contributed by atoms with Crippen LogP contribution in [0, 0.1) is 5.82 Å². The molecule has 0 saturated heterocycles. The molecule has 0 atom stereocenters. The van der Waals surface area contributed by atoms with Gasteiger partial charge in [-0.15, -0.1) is 0 Å². The van der Waals surface area contributed by atoms with E-state index >= 15 is 0 Å². The van der Waals surface area contributed by atoms with Crippen LogP contribution in [0.4, 0.5) is 15.8 Å². The highest BCUT2D eigenvalue weighted by molar-refractivity contribution is 5.97. The van der Waals surface area contributed by atoms with Gasteiger partial charge in [0.25, 0.3) is 0 Å². The van der Waals surface area contributed by atoms with Crippen LogP contribution in [0.15, 0.2) is 48.7 Å². The Morgan fingerprint density at radius 2 is 1.95 bits per heavy atom. The Kier molecular flexibility index (Phi) is 3.51. The molecule has 21 heavy (non-hydrogen) atoms. The number of fused-ring (bicyclic) bond motifs is 1.